The number of aliphatic hydroxyl groups is 1. The highest BCUT2D eigenvalue weighted by atomic mass is 16.3. The summed E-state index contributed by atoms with van der Waals surface area (Å²) < 4.78 is 0. The fourth-order valence-corrected chi connectivity index (χ4v) is 2.89. The summed E-state index contributed by atoms with van der Waals surface area (Å²) in [6, 6.07) is 0.634. The van der Waals surface area contributed by atoms with Crippen LogP contribution in [0.5, 0.6) is 0 Å². The van der Waals surface area contributed by atoms with Gasteiger partial charge in [-0.25, -0.2) is 0 Å². The summed E-state index contributed by atoms with van der Waals surface area (Å²) in [6.07, 6.45) is 7.00. The molecule has 96 valence electrons. The molecular weight excluding hydrogens is 198 g/mol. The van der Waals surface area contributed by atoms with Gasteiger partial charge < -0.3 is 10.0 Å². The molecule has 2 nitrogen and oxygen atoms in total. The second kappa shape index (κ2) is 7.29. The zero-order valence-electron chi connectivity index (χ0n) is 11.3. The number of rotatable bonds is 6. The molecule has 0 heterocycles. The third-order valence-electron chi connectivity index (χ3n) is 4.19. The molecule has 0 spiro atoms. The van der Waals surface area contributed by atoms with E-state index in [0.29, 0.717) is 6.04 Å². The highest BCUT2D eigenvalue weighted by Crippen LogP contribution is 2.24. The second-order valence-electron chi connectivity index (χ2n) is 5.24. The Labute approximate surface area is 101 Å². The van der Waals surface area contributed by atoms with Gasteiger partial charge in [-0.05, 0) is 38.1 Å². The largest absolute Gasteiger partial charge is 0.393 e. The van der Waals surface area contributed by atoms with Gasteiger partial charge in [-0.2, -0.15) is 0 Å². The molecular formula is C14H29NO. The summed E-state index contributed by atoms with van der Waals surface area (Å²) in [4.78, 5) is 2.60. The molecule has 0 bridgehead atoms. The number of hydrogen-bond acceptors (Lipinski definition) is 2. The Hall–Kier alpha value is -0.0800. The van der Waals surface area contributed by atoms with E-state index in [1.54, 1.807) is 0 Å². The first-order valence-electron chi connectivity index (χ1n) is 7.13. The van der Waals surface area contributed by atoms with Crippen LogP contribution in [0.15, 0.2) is 0 Å². The topological polar surface area (TPSA) is 23.5 Å². The van der Waals surface area contributed by atoms with Crippen molar-refractivity contribution in [2.45, 2.75) is 71.4 Å². The lowest BCUT2D eigenvalue weighted by Crippen LogP contribution is -2.42. The van der Waals surface area contributed by atoms with Crippen LogP contribution in [-0.4, -0.2) is 35.2 Å². The van der Waals surface area contributed by atoms with E-state index in [-0.39, 0.29) is 6.10 Å². The van der Waals surface area contributed by atoms with E-state index < -0.39 is 0 Å². The summed E-state index contributed by atoms with van der Waals surface area (Å²) >= 11 is 0. The molecule has 0 aromatic rings. The van der Waals surface area contributed by atoms with E-state index in [0.717, 1.165) is 25.3 Å². The molecule has 0 amide bonds. The lowest BCUT2D eigenvalue weighted by Gasteiger charge is -2.37. The Morgan fingerprint density at radius 3 is 2.38 bits per heavy atom. The molecule has 1 fully saturated rings. The van der Waals surface area contributed by atoms with Crippen molar-refractivity contribution in [3.05, 3.63) is 0 Å². The van der Waals surface area contributed by atoms with Gasteiger partial charge in [0.25, 0.3) is 0 Å². The zero-order chi connectivity index (χ0) is 12.0. The summed E-state index contributed by atoms with van der Waals surface area (Å²) in [7, 11) is 0. The van der Waals surface area contributed by atoms with Gasteiger partial charge in [0.15, 0.2) is 0 Å². The van der Waals surface area contributed by atoms with Gasteiger partial charge in [-0.1, -0.05) is 33.6 Å². The fraction of sp³-hybridized carbons (Fsp3) is 1.00. The van der Waals surface area contributed by atoms with Crippen molar-refractivity contribution in [1.29, 1.82) is 0 Å². The highest BCUT2D eigenvalue weighted by molar-refractivity contribution is 4.80. The molecule has 1 aliphatic rings. The Morgan fingerprint density at radius 2 is 1.88 bits per heavy atom. The second-order valence-corrected chi connectivity index (χ2v) is 5.24. The maximum atomic E-state index is 9.75. The lowest BCUT2D eigenvalue weighted by atomic mass is 9.90. The molecule has 1 saturated carbocycles. The SMILES string of the molecule is CCC(CC)CN(CC)C1CCCC(O)C1. The van der Waals surface area contributed by atoms with Crippen LogP contribution in [0.1, 0.15) is 59.3 Å². The maximum Gasteiger partial charge on any atom is 0.0555 e. The summed E-state index contributed by atoms with van der Waals surface area (Å²) in [6.45, 7) is 9.19. The Bertz CT molecular complexity index is 180. The van der Waals surface area contributed by atoms with Crippen LogP contribution in [0, 0.1) is 5.92 Å². The molecule has 0 saturated heterocycles. The van der Waals surface area contributed by atoms with Crippen LogP contribution in [0.25, 0.3) is 0 Å². The maximum absolute atomic E-state index is 9.75. The number of aliphatic hydroxyl groups excluding tert-OH is 1. The lowest BCUT2D eigenvalue weighted by molar-refractivity contribution is 0.0560. The molecule has 0 aromatic heterocycles. The molecule has 2 heteroatoms. The van der Waals surface area contributed by atoms with Gasteiger partial charge in [-0.3, -0.25) is 0 Å². The molecule has 16 heavy (non-hydrogen) atoms. The zero-order valence-corrected chi connectivity index (χ0v) is 11.3. The average molecular weight is 227 g/mol. The number of nitrogens with zero attached hydrogens (tertiary/aromatic N) is 1. The normalized spacial score (nSPS) is 26.6. The van der Waals surface area contributed by atoms with Gasteiger partial charge in [0.05, 0.1) is 6.10 Å². The summed E-state index contributed by atoms with van der Waals surface area (Å²) in [5.41, 5.74) is 0. The standard InChI is InChI=1S/C14H29NO/c1-4-12(5-2)11-15(6-3)13-8-7-9-14(16)10-13/h12-14,16H,4-11H2,1-3H3. The Morgan fingerprint density at radius 1 is 1.19 bits per heavy atom. The fourth-order valence-electron chi connectivity index (χ4n) is 2.89. The predicted molar refractivity (Wildman–Crippen MR) is 69.6 cm³/mol. The van der Waals surface area contributed by atoms with Crippen molar-refractivity contribution in [2.24, 2.45) is 5.92 Å². The highest BCUT2D eigenvalue weighted by Gasteiger charge is 2.25. The van der Waals surface area contributed by atoms with Crippen LogP contribution in [0.3, 0.4) is 0 Å². The van der Waals surface area contributed by atoms with Gasteiger partial charge in [0, 0.05) is 12.6 Å². The number of hydrogen-bond donors (Lipinski definition) is 1. The van der Waals surface area contributed by atoms with Crippen molar-refractivity contribution >= 4 is 0 Å². The van der Waals surface area contributed by atoms with Crippen molar-refractivity contribution in [3.63, 3.8) is 0 Å². The molecule has 1 aliphatic carbocycles. The minimum absolute atomic E-state index is 0.0468. The molecule has 1 N–H and O–H groups in total. The van der Waals surface area contributed by atoms with Crippen molar-refractivity contribution < 1.29 is 5.11 Å². The smallest absolute Gasteiger partial charge is 0.0555 e. The van der Waals surface area contributed by atoms with Crippen molar-refractivity contribution in [2.75, 3.05) is 13.1 Å². The molecule has 1 rings (SSSR count). The predicted octanol–water partition coefficient (Wildman–Crippen LogP) is 3.05. The van der Waals surface area contributed by atoms with Crippen molar-refractivity contribution in [3.8, 4) is 0 Å². The van der Waals surface area contributed by atoms with Crippen LogP contribution in [0.4, 0.5) is 0 Å². The average Bonchev–Trinajstić information content (AvgIpc) is 2.31. The summed E-state index contributed by atoms with van der Waals surface area (Å²) in [5.74, 6) is 0.832. The van der Waals surface area contributed by atoms with Crippen LogP contribution in [0.2, 0.25) is 0 Å². The van der Waals surface area contributed by atoms with Gasteiger partial charge in [-0.15, -0.1) is 0 Å². The molecule has 0 radical (unpaired) electrons. The molecule has 0 aliphatic heterocycles. The molecule has 2 atom stereocenters. The third kappa shape index (κ3) is 4.06. The van der Waals surface area contributed by atoms with Gasteiger partial charge in [0.1, 0.15) is 0 Å². The van der Waals surface area contributed by atoms with Gasteiger partial charge in [0.2, 0.25) is 0 Å². The van der Waals surface area contributed by atoms with E-state index in [4.69, 9.17) is 0 Å². The van der Waals surface area contributed by atoms with E-state index in [9.17, 15) is 5.11 Å². The minimum Gasteiger partial charge on any atom is -0.393 e. The first kappa shape index (κ1) is 14.0. The first-order chi connectivity index (χ1) is 7.71. The Kier molecular flexibility index (Phi) is 6.37. The van der Waals surface area contributed by atoms with E-state index >= 15 is 0 Å². The van der Waals surface area contributed by atoms with E-state index in [1.165, 1.54) is 32.2 Å². The summed E-state index contributed by atoms with van der Waals surface area (Å²) in [5, 5.41) is 9.75. The van der Waals surface area contributed by atoms with Crippen LogP contribution >= 0.6 is 0 Å². The Balaban J connectivity index is 2.45. The minimum atomic E-state index is -0.0468. The van der Waals surface area contributed by atoms with E-state index in [2.05, 4.69) is 25.7 Å². The third-order valence-corrected chi connectivity index (χ3v) is 4.19. The quantitative estimate of drug-likeness (QED) is 0.754. The monoisotopic (exact) mass is 227 g/mol. The molecule has 2 unspecified atom stereocenters. The van der Waals surface area contributed by atoms with Crippen molar-refractivity contribution in [1.82, 2.24) is 4.90 Å². The first-order valence-corrected chi connectivity index (χ1v) is 7.13. The van der Waals surface area contributed by atoms with Gasteiger partial charge >= 0.3 is 0 Å². The molecule has 0 aromatic carbocycles. The van der Waals surface area contributed by atoms with E-state index in [1.807, 2.05) is 0 Å². The van der Waals surface area contributed by atoms with Crippen LogP contribution in [-0.2, 0) is 0 Å². The van der Waals surface area contributed by atoms with Crippen LogP contribution < -0.4 is 0 Å².